The van der Waals surface area contributed by atoms with E-state index in [1.54, 1.807) is 14.2 Å². The van der Waals surface area contributed by atoms with Crippen molar-refractivity contribution in [2.24, 2.45) is 0 Å². The Morgan fingerprint density at radius 2 is 1.33 bits per heavy atom. The summed E-state index contributed by atoms with van der Waals surface area (Å²) in [5.41, 5.74) is 0. The average Bonchev–Trinajstić information content (AvgIpc) is 2.03. The van der Waals surface area contributed by atoms with Crippen LogP contribution >= 0.6 is 0 Å². The topological polar surface area (TPSA) is 36.9 Å². The minimum absolute atomic E-state index is 0. The van der Waals surface area contributed by atoms with Crippen LogP contribution in [0.2, 0.25) is 0 Å². The van der Waals surface area contributed by atoms with Gasteiger partial charge in [-0.2, -0.15) is 0 Å². The first kappa shape index (κ1) is 15.8. The molecule has 0 atom stereocenters. The van der Waals surface area contributed by atoms with Gasteiger partial charge in [-0.25, -0.2) is 0 Å². The van der Waals surface area contributed by atoms with Gasteiger partial charge in [0.15, 0.2) is 0 Å². The zero-order chi connectivity index (χ0) is 8.36. The third-order valence-corrected chi connectivity index (χ3v) is 1.69. The van der Waals surface area contributed by atoms with Crippen LogP contribution in [0.4, 0.5) is 0 Å². The minimum Gasteiger partial charge on any atom is -1.00 e. The number of methoxy groups -OCH3 is 2. The van der Waals surface area contributed by atoms with E-state index in [9.17, 15) is 0 Å². The molecule has 0 saturated heterocycles. The van der Waals surface area contributed by atoms with Gasteiger partial charge in [0.05, 0.1) is 0 Å². The molecule has 0 spiro atoms. The molecule has 0 saturated carbocycles. The van der Waals surface area contributed by atoms with E-state index in [-0.39, 0.29) is 48.3 Å². The monoisotopic (exact) mass is 204 g/mol. The van der Waals surface area contributed by atoms with Crippen molar-refractivity contribution in [3.05, 3.63) is 0 Å². The Balaban J connectivity index is -0.000000167. The van der Waals surface area contributed by atoms with Gasteiger partial charge in [0.1, 0.15) is 0 Å². The number of hydrogen-bond donors (Lipinski definition) is 0. The summed E-state index contributed by atoms with van der Waals surface area (Å²) in [6, 6.07) is 0. The normalized spacial score (nSPS) is 8.83. The molecule has 0 N–H and O–H groups in total. The predicted molar refractivity (Wildman–Crippen MR) is 43.6 cm³/mol. The second kappa shape index (κ2) is 14.9. The summed E-state index contributed by atoms with van der Waals surface area (Å²) in [5, 5.41) is 0. The molecule has 0 radical (unpaired) electrons. The molecular formula is C6H16AlNaO4. The molecular weight excluding hydrogens is 186 g/mol. The smallest absolute Gasteiger partial charge is 1.00 e. The Labute approximate surface area is 106 Å². The molecule has 12 heavy (non-hydrogen) atoms. The number of rotatable bonds is 8. The maximum absolute atomic E-state index is 5.10. The van der Waals surface area contributed by atoms with Gasteiger partial charge in [-0.1, -0.05) is 0 Å². The van der Waals surface area contributed by atoms with E-state index < -0.39 is 0 Å². The van der Waals surface area contributed by atoms with E-state index in [1.165, 1.54) is 0 Å². The van der Waals surface area contributed by atoms with Gasteiger partial charge in [0.2, 0.25) is 0 Å². The molecule has 0 aromatic carbocycles. The zero-order valence-electron chi connectivity index (χ0n) is 10.0. The Morgan fingerprint density at radius 1 is 0.917 bits per heavy atom. The molecule has 4 nitrogen and oxygen atoms in total. The molecule has 0 aliphatic rings. The fraction of sp³-hybridized carbons (Fsp3) is 1.00. The van der Waals surface area contributed by atoms with Gasteiger partial charge >= 0.3 is 103 Å². The summed E-state index contributed by atoms with van der Waals surface area (Å²) in [7, 11) is 3.29. The fourth-order valence-corrected chi connectivity index (χ4v) is 0.888. The van der Waals surface area contributed by atoms with Crippen LogP contribution in [0.15, 0.2) is 0 Å². The van der Waals surface area contributed by atoms with E-state index in [4.69, 9.17) is 17.1 Å². The molecule has 6 heteroatoms. The largest absolute Gasteiger partial charge is 1.00 e. The molecule has 0 aliphatic heterocycles. The molecule has 0 fully saturated rings. The average molecular weight is 204 g/mol. The zero-order valence-corrected chi connectivity index (χ0v) is 11.2. The SMILES string of the molecule is COCC[O][Al+][O]CCOC.[2H-].[2H-].[Na+]. The maximum Gasteiger partial charge on any atom is 1.00 e. The second-order valence-electron chi connectivity index (χ2n) is 1.82. The van der Waals surface area contributed by atoms with Crippen LogP contribution in [0.1, 0.15) is 2.85 Å². The van der Waals surface area contributed by atoms with Gasteiger partial charge in [-0.15, -0.1) is 0 Å². The van der Waals surface area contributed by atoms with E-state index in [2.05, 4.69) is 0 Å². The van der Waals surface area contributed by atoms with Crippen molar-refractivity contribution in [2.75, 3.05) is 40.6 Å². The van der Waals surface area contributed by atoms with Crippen molar-refractivity contribution in [3.63, 3.8) is 0 Å². The van der Waals surface area contributed by atoms with Crippen molar-refractivity contribution in [1.29, 1.82) is 0 Å². The summed E-state index contributed by atoms with van der Waals surface area (Å²) >= 11 is -0.349. The third kappa shape index (κ3) is 13.9. The van der Waals surface area contributed by atoms with Gasteiger partial charge in [0, 0.05) is 0 Å². The summed E-state index contributed by atoms with van der Waals surface area (Å²) < 4.78 is 19.8. The predicted octanol–water partition coefficient (Wildman–Crippen LogP) is -2.92. The molecule has 68 valence electrons. The van der Waals surface area contributed by atoms with Crippen LogP contribution in [0, 0.1) is 0 Å². The summed E-state index contributed by atoms with van der Waals surface area (Å²) in [6.45, 7) is 2.47. The van der Waals surface area contributed by atoms with Crippen LogP contribution in [-0.4, -0.2) is 56.5 Å². The van der Waals surface area contributed by atoms with Gasteiger partial charge in [-0.05, 0) is 0 Å². The van der Waals surface area contributed by atoms with Crippen LogP contribution < -0.4 is 29.6 Å². The van der Waals surface area contributed by atoms with Gasteiger partial charge in [-0.3, -0.25) is 0 Å². The molecule has 0 rings (SSSR count). The van der Waals surface area contributed by atoms with E-state index in [0.717, 1.165) is 0 Å². The van der Waals surface area contributed by atoms with Crippen molar-refractivity contribution in [3.8, 4) is 0 Å². The number of ether oxygens (including phenoxy) is 2. The Morgan fingerprint density at radius 3 is 1.67 bits per heavy atom. The number of hydrogen-bond acceptors (Lipinski definition) is 4. The van der Waals surface area contributed by atoms with Crippen LogP contribution in [-0.2, 0) is 17.1 Å². The Bertz CT molecular complexity index is 76.9. The van der Waals surface area contributed by atoms with Crippen molar-refractivity contribution in [1.82, 2.24) is 0 Å². The Kier molecular flexibility index (Phi) is 19.6. The molecule has 0 aliphatic carbocycles. The summed E-state index contributed by atoms with van der Waals surface area (Å²) in [5.74, 6) is 0. The van der Waals surface area contributed by atoms with Crippen molar-refractivity contribution in [2.45, 2.75) is 0 Å². The minimum atomic E-state index is -0.349. The van der Waals surface area contributed by atoms with E-state index >= 15 is 0 Å². The molecule has 0 bridgehead atoms. The molecule has 0 aromatic rings. The van der Waals surface area contributed by atoms with Crippen molar-refractivity contribution < 1.29 is 49.5 Å². The standard InChI is InChI=1S/2C3H7O2.Al.Na.2H/c2*1-5-3-2-4;;;;/h2*2-3H2,1H3;;;;/q2*-1;+3;+1;2*-1/i;;;;2*1+1. The van der Waals surface area contributed by atoms with Crippen LogP contribution in [0.5, 0.6) is 0 Å². The van der Waals surface area contributed by atoms with Gasteiger partial charge in [0.25, 0.3) is 0 Å². The van der Waals surface area contributed by atoms with Crippen molar-refractivity contribution >= 4 is 15.9 Å². The summed E-state index contributed by atoms with van der Waals surface area (Å²) in [6.07, 6.45) is 0. The third-order valence-electron chi connectivity index (χ3n) is 0.947. The van der Waals surface area contributed by atoms with Crippen LogP contribution in [0.25, 0.3) is 0 Å². The molecule has 0 aromatic heterocycles. The van der Waals surface area contributed by atoms with E-state index in [1.807, 2.05) is 0 Å². The van der Waals surface area contributed by atoms with E-state index in [0.29, 0.717) is 26.4 Å². The second-order valence-corrected chi connectivity index (χ2v) is 2.68. The molecule has 0 unspecified atom stereocenters. The molecule has 0 heterocycles. The fourth-order valence-electron chi connectivity index (χ4n) is 0.407. The summed E-state index contributed by atoms with van der Waals surface area (Å²) in [4.78, 5) is 0. The van der Waals surface area contributed by atoms with Crippen LogP contribution in [0.3, 0.4) is 0 Å². The first-order valence-electron chi connectivity index (χ1n) is 3.44. The maximum atomic E-state index is 5.10. The first-order valence-corrected chi connectivity index (χ1v) is 4.39. The molecule has 0 amide bonds. The van der Waals surface area contributed by atoms with Gasteiger partial charge < -0.3 is 2.85 Å². The Hall–Kier alpha value is 1.37. The quantitative estimate of drug-likeness (QED) is 0.313. The first-order chi connectivity index (χ1) is 5.41.